The van der Waals surface area contributed by atoms with E-state index in [1.807, 2.05) is 19.1 Å². The van der Waals surface area contributed by atoms with Gasteiger partial charge in [-0.2, -0.15) is 0 Å². The Morgan fingerprint density at radius 1 is 1.27 bits per heavy atom. The van der Waals surface area contributed by atoms with Crippen LogP contribution in [0.3, 0.4) is 0 Å². The molecule has 0 saturated carbocycles. The van der Waals surface area contributed by atoms with Crippen molar-refractivity contribution in [1.82, 2.24) is 4.98 Å². The quantitative estimate of drug-likeness (QED) is 0.868. The molecule has 3 nitrogen and oxygen atoms in total. The highest BCUT2D eigenvalue weighted by atomic mass is 32.2. The predicted molar refractivity (Wildman–Crippen MR) is 60.6 cm³/mol. The van der Waals surface area contributed by atoms with Crippen LogP contribution in [-0.4, -0.2) is 19.2 Å². The summed E-state index contributed by atoms with van der Waals surface area (Å²) in [6.07, 6.45) is 2.40. The molecule has 15 heavy (non-hydrogen) atoms. The van der Waals surface area contributed by atoms with Crippen LogP contribution in [0.2, 0.25) is 0 Å². The van der Waals surface area contributed by atoms with E-state index in [4.69, 9.17) is 0 Å². The minimum absolute atomic E-state index is 0.200. The molecule has 2 rings (SSSR count). The van der Waals surface area contributed by atoms with Crippen molar-refractivity contribution in [2.24, 2.45) is 0 Å². The van der Waals surface area contributed by atoms with Gasteiger partial charge in [0.1, 0.15) is 0 Å². The van der Waals surface area contributed by atoms with Crippen molar-refractivity contribution in [2.45, 2.75) is 18.2 Å². The van der Waals surface area contributed by atoms with Gasteiger partial charge in [0.05, 0.1) is 16.2 Å². The summed E-state index contributed by atoms with van der Waals surface area (Å²) in [5.41, 5.74) is 0.714. The summed E-state index contributed by atoms with van der Waals surface area (Å²) < 4.78 is 23.8. The topological polar surface area (TPSA) is 49.9 Å². The van der Waals surface area contributed by atoms with E-state index in [0.29, 0.717) is 16.8 Å². The lowest BCUT2D eigenvalue weighted by molar-refractivity contribution is 0.595. The lowest BCUT2D eigenvalue weighted by Gasteiger charge is -2.03. The van der Waals surface area contributed by atoms with E-state index in [0.717, 1.165) is 5.39 Å². The van der Waals surface area contributed by atoms with Crippen LogP contribution in [0.1, 0.15) is 13.3 Å². The molecular formula is C11H13NO2S. The average molecular weight is 223 g/mol. The van der Waals surface area contributed by atoms with Crippen molar-refractivity contribution in [3.05, 3.63) is 30.5 Å². The first kappa shape index (κ1) is 10.2. The van der Waals surface area contributed by atoms with Gasteiger partial charge in [-0.15, -0.1) is 0 Å². The van der Waals surface area contributed by atoms with Gasteiger partial charge in [0.25, 0.3) is 0 Å². The number of benzene rings is 1. The number of sulfone groups is 1. The summed E-state index contributed by atoms with van der Waals surface area (Å²) >= 11 is 0. The summed E-state index contributed by atoms with van der Waals surface area (Å²) in [4.78, 5) is 3.38. The van der Waals surface area contributed by atoms with Gasteiger partial charge in [0.15, 0.2) is 9.84 Å². The lowest BCUT2D eigenvalue weighted by atomic mass is 10.2. The molecule has 0 amide bonds. The van der Waals surface area contributed by atoms with Gasteiger partial charge < -0.3 is 4.98 Å². The third-order valence-electron chi connectivity index (χ3n) is 2.36. The molecule has 1 aromatic carbocycles. The molecule has 1 N–H and O–H groups in total. The summed E-state index contributed by atoms with van der Waals surface area (Å²) in [7, 11) is -3.14. The maximum atomic E-state index is 11.9. The van der Waals surface area contributed by atoms with Gasteiger partial charge >= 0.3 is 0 Å². The van der Waals surface area contributed by atoms with Crippen molar-refractivity contribution in [1.29, 1.82) is 0 Å². The highest BCUT2D eigenvalue weighted by Gasteiger charge is 2.16. The molecule has 0 fully saturated rings. The Bertz CT molecular complexity index is 569. The molecule has 0 unspecified atom stereocenters. The first-order valence-electron chi connectivity index (χ1n) is 4.94. The molecule has 0 aliphatic heterocycles. The molecule has 4 heteroatoms. The second kappa shape index (κ2) is 3.70. The van der Waals surface area contributed by atoms with Crippen LogP contribution in [0, 0.1) is 0 Å². The molecular weight excluding hydrogens is 210 g/mol. The number of nitrogens with one attached hydrogen (secondary N) is 1. The van der Waals surface area contributed by atoms with Crippen molar-refractivity contribution in [3.8, 4) is 0 Å². The Hall–Kier alpha value is -1.29. The van der Waals surface area contributed by atoms with Crippen molar-refractivity contribution >= 4 is 20.7 Å². The number of hydrogen-bond donors (Lipinski definition) is 1. The minimum Gasteiger partial charge on any atom is -0.360 e. The maximum absolute atomic E-state index is 11.9. The zero-order valence-corrected chi connectivity index (χ0v) is 9.34. The Labute approximate surface area is 89.0 Å². The lowest BCUT2D eigenvalue weighted by Crippen LogP contribution is -2.06. The number of aromatic amines is 1. The average Bonchev–Trinajstić information content (AvgIpc) is 2.64. The van der Waals surface area contributed by atoms with E-state index in [-0.39, 0.29) is 5.75 Å². The summed E-state index contributed by atoms with van der Waals surface area (Å²) in [5, 5.41) is 0.937. The van der Waals surface area contributed by atoms with Crippen LogP contribution < -0.4 is 0 Å². The molecule has 0 atom stereocenters. The monoisotopic (exact) mass is 223 g/mol. The molecule has 1 heterocycles. The van der Waals surface area contributed by atoms with E-state index >= 15 is 0 Å². The Morgan fingerprint density at radius 3 is 2.80 bits per heavy atom. The number of rotatable bonds is 3. The second-order valence-electron chi connectivity index (χ2n) is 3.52. The van der Waals surface area contributed by atoms with Gasteiger partial charge in [-0.05, 0) is 18.6 Å². The number of para-hydroxylation sites is 1. The van der Waals surface area contributed by atoms with Gasteiger partial charge in [0.2, 0.25) is 0 Å². The molecule has 0 spiro atoms. The molecule has 0 radical (unpaired) electrons. The smallest absolute Gasteiger partial charge is 0.180 e. The number of H-pyrrole nitrogens is 1. The molecule has 2 aromatic rings. The third-order valence-corrected chi connectivity index (χ3v) is 4.31. The van der Waals surface area contributed by atoms with Gasteiger partial charge in [-0.1, -0.05) is 19.1 Å². The Kier molecular flexibility index (Phi) is 2.52. The molecule has 0 saturated heterocycles. The second-order valence-corrected chi connectivity index (χ2v) is 5.59. The first-order valence-corrected chi connectivity index (χ1v) is 6.59. The van der Waals surface area contributed by atoms with Crippen molar-refractivity contribution < 1.29 is 8.42 Å². The fourth-order valence-electron chi connectivity index (χ4n) is 1.69. The minimum atomic E-state index is -3.14. The van der Waals surface area contributed by atoms with Crippen molar-refractivity contribution in [3.63, 3.8) is 0 Å². The van der Waals surface area contributed by atoms with Crippen LogP contribution in [0.15, 0.2) is 35.4 Å². The zero-order chi connectivity index (χ0) is 10.9. The summed E-state index contributed by atoms with van der Waals surface area (Å²) in [6, 6.07) is 7.21. The molecule has 1 aromatic heterocycles. The first-order chi connectivity index (χ1) is 7.15. The van der Waals surface area contributed by atoms with E-state index < -0.39 is 9.84 Å². The van der Waals surface area contributed by atoms with E-state index in [9.17, 15) is 8.42 Å². The largest absolute Gasteiger partial charge is 0.360 e. The summed E-state index contributed by atoms with van der Waals surface area (Å²) in [6.45, 7) is 1.87. The molecule has 0 aliphatic carbocycles. The maximum Gasteiger partial charge on any atom is 0.180 e. The van der Waals surface area contributed by atoms with Gasteiger partial charge in [0, 0.05) is 11.6 Å². The zero-order valence-electron chi connectivity index (χ0n) is 8.53. The van der Waals surface area contributed by atoms with Gasteiger partial charge in [-0.3, -0.25) is 0 Å². The Balaban J connectivity index is 2.66. The molecule has 0 aliphatic rings. The molecule has 80 valence electrons. The van der Waals surface area contributed by atoms with Crippen LogP contribution in [0.25, 0.3) is 10.9 Å². The van der Waals surface area contributed by atoms with E-state index in [1.54, 1.807) is 18.3 Å². The van der Waals surface area contributed by atoms with Crippen LogP contribution in [-0.2, 0) is 9.84 Å². The van der Waals surface area contributed by atoms with Gasteiger partial charge in [-0.25, -0.2) is 8.42 Å². The number of fused-ring (bicyclic) bond motifs is 1. The van der Waals surface area contributed by atoms with E-state index in [1.165, 1.54) is 0 Å². The fraction of sp³-hybridized carbons (Fsp3) is 0.273. The predicted octanol–water partition coefficient (Wildman–Crippen LogP) is 2.35. The SMILES string of the molecule is CCCS(=O)(=O)c1cccc2cc[nH]c12. The summed E-state index contributed by atoms with van der Waals surface area (Å²) in [5.74, 6) is 0.200. The highest BCUT2D eigenvalue weighted by Crippen LogP contribution is 2.22. The fourth-order valence-corrected chi connectivity index (χ4v) is 3.23. The van der Waals surface area contributed by atoms with E-state index in [2.05, 4.69) is 4.98 Å². The van der Waals surface area contributed by atoms with Crippen molar-refractivity contribution in [2.75, 3.05) is 5.75 Å². The van der Waals surface area contributed by atoms with Crippen LogP contribution in [0.5, 0.6) is 0 Å². The molecule has 0 bridgehead atoms. The Morgan fingerprint density at radius 2 is 2.07 bits per heavy atom. The third kappa shape index (κ3) is 1.77. The number of hydrogen-bond acceptors (Lipinski definition) is 2. The number of aromatic nitrogens is 1. The highest BCUT2D eigenvalue weighted by molar-refractivity contribution is 7.91. The van der Waals surface area contributed by atoms with Crippen LogP contribution in [0.4, 0.5) is 0 Å². The standard InChI is InChI=1S/C11H13NO2S/c1-2-8-15(13,14)10-5-3-4-9-6-7-12-11(9)10/h3-7,12H,2,8H2,1H3. The van der Waals surface area contributed by atoms with Crippen LogP contribution >= 0.6 is 0 Å². The normalized spacial score (nSPS) is 12.1.